The highest BCUT2D eigenvalue weighted by Crippen LogP contribution is 2.34. The Morgan fingerprint density at radius 1 is 0.950 bits per heavy atom. The maximum Gasteiger partial charge on any atom is 0.115 e. The molecule has 0 spiro atoms. The van der Waals surface area contributed by atoms with Crippen LogP contribution < -0.4 is 0 Å². The van der Waals surface area contributed by atoms with Crippen LogP contribution in [0.15, 0.2) is 48.5 Å². The second-order valence-corrected chi connectivity index (χ2v) is 5.74. The van der Waals surface area contributed by atoms with E-state index in [0.717, 1.165) is 12.0 Å². The number of phenols is 1. The molecule has 0 aromatic heterocycles. The molecule has 0 fully saturated rings. The molecular weight excluding hydrogens is 291 g/mol. The van der Waals surface area contributed by atoms with Crippen LogP contribution in [0.2, 0.25) is 0 Å². The molecule has 1 nitrogen and oxygen atoms in total. The van der Waals surface area contributed by atoms with E-state index in [-0.39, 0.29) is 11.2 Å². The number of alkyl halides is 2. The predicted molar refractivity (Wildman–Crippen MR) is 86.1 cm³/mol. The van der Waals surface area contributed by atoms with Gasteiger partial charge in [-0.3, -0.25) is 0 Å². The van der Waals surface area contributed by atoms with Crippen molar-refractivity contribution in [2.45, 2.75) is 18.8 Å². The lowest BCUT2D eigenvalue weighted by molar-refractivity contribution is 0.474. The summed E-state index contributed by atoms with van der Waals surface area (Å²) >= 11 is 12.6. The van der Waals surface area contributed by atoms with Gasteiger partial charge in [0.1, 0.15) is 5.75 Å². The van der Waals surface area contributed by atoms with Crippen molar-refractivity contribution in [1.29, 1.82) is 0 Å². The van der Waals surface area contributed by atoms with E-state index >= 15 is 0 Å². The summed E-state index contributed by atoms with van der Waals surface area (Å²) in [4.78, 5) is 0. The Morgan fingerprint density at radius 3 is 2.10 bits per heavy atom. The van der Waals surface area contributed by atoms with Crippen molar-refractivity contribution in [2.75, 3.05) is 11.8 Å². The van der Waals surface area contributed by atoms with Gasteiger partial charge in [0.25, 0.3) is 0 Å². The highest BCUT2D eigenvalue weighted by molar-refractivity contribution is 6.22. The molecular formula is C17H18Cl2O. The molecule has 0 atom stereocenters. The lowest BCUT2D eigenvalue weighted by Gasteiger charge is -2.32. The molecule has 3 heteroatoms. The smallest absolute Gasteiger partial charge is 0.115 e. The molecule has 106 valence electrons. The third kappa shape index (κ3) is 3.11. The van der Waals surface area contributed by atoms with E-state index in [4.69, 9.17) is 23.2 Å². The van der Waals surface area contributed by atoms with Crippen molar-refractivity contribution in [3.63, 3.8) is 0 Å². The van der Waals surface area contributed by atoms with Crippen molar-refractivity contribution >= 4 is 23.2 Å². The second kappa shape index (κ2) is 6.51. The lowest BCUT2D eigenvalue weighted by Crippen LogP contribution is -2.34. The summed E-state index contributed by atoms with van der Waals surface area (Å²) in [5, 5.41) is 9.38. The van der Waals surface area contributed by atoms with Crippen LogP contribution >= 0.6 is 23.2 Å². The van der Waals surface area contributed by atoms with Crippen LogP contribution in [-0.4, -0.2) is 16.9 Å². The van der Waals surface area contributed by atoms with Crippen molar-refractivity contribution in [3.05, 3.63) is 65.2 Å². The third-order valence-corrected chi connectivity index (χ3v) is 4.73. The van der Waals surface area contributed by atoms with E-state index in [0.29, 0.717) is 11.8 Å². The molecule has 0 radical (unpaired) electrons. The van der Waals surface area contributed by atoms with Crippen LogP contribution in [0.1, 0.15) is 16.7 Å². The van der Waals surface area contributed by atoms with Gasteiger partial charge in [0.2, 0.25) is 0 Å². The summed E-state index contributed by atoms with van der Waals surface area (Å²) in [6, 6.07) is 15.4. The minimum atomic E-state index is -0.286. The molecule has 20 heavy (non-hydrogen) atoms. The van der Waals surface area contributed by atoms with Crippen LogP contribution in [0.5, 0.6) is 5.75 Å². The number of benzene rings is 2. The normalized spacial score (nSPS) is 11.6. The highest BCUT2D eigenvalue weighted by atomic mass is 35.5. The number of rotatable bonds is 5. The quantitative estimate of drug-likeness (QED) is 0.797. The van der Waals surface area contributed by atoms with E-state index in [1.807, 2.05) is 24.3 Å². The van der Waals surface area contributed by atoms with Gasteiger partial charge in [-0.2, -0.15) is 0 Å². The number of aromatic hydroxyl groups is 1. The molecule has 0 amide bonds. The number of hydrogen-bond acceptors (Lipinski definition) is 1. The summed E-state index contributed by atoms with van der Waals surface area (Å²) in [7, 11) is 0. The topological polar surface area (TPSA) is 20.2 Å². The van der Waals surface area contributed by atoms with Crippen molar-refractivity contribution in [1.82, 2.24) is 0 Å². The first-order chi connectivity index (χ1) is 9.61. The summed E-state index contributed by atoms with van der Waals surface area (Å²) in [5.74, 6) is 1.19. The minimum absolute atomic E-state index is 0.270. The van der Waals surface area contributed by atoms with Crippen LogP contribution in [0.25, 0.3) is 0 Å². The average Bonchev–Trinajstić information content (AvgIpc) is 2.48. The third-order valence-electron chi connectivity index (χ3n) is 3.71. The molecule has 2 aromatic carbocycles. The van der Waals surface area contributed by atoms with Crippen LogP contribution in [0, 0.1) is 6.92 Å². The standard InChI is InChI=1S/C17H18Cl2O/c1-13-4-2-3-5-16(13)17(11-18,12-19)10-14-6-8-15(20)9-7-14/h2-9,20H,10-12H2,1H3. The van der Waals surface area contributed by atoms with Gasteiger partial charge in [0.15, 0.2) is 0 Å². The maximum absolute atomic E-state index is 9.38. The highest BCUT2D eigenvalue weighted by Gasteiger charge is 2.32. The number of aryl methyl sites for hydroxylation is 1. The SMILES string of the molecule is Cc1ccccc1C(CCl)(CCl)Cc1ccc(O)cc1. The maximum atomic E-state index is 9.38. The Hall–Kier alpha value is -1.18. The summed E-state index contributed by atoms with van der Waals surface area (Å²) in [6.45, 7) is 2.08. The zero-order valence-electron chi connectivity index (χ0n) is 11.4. The zero-order valence-corrected chi connectivity index (χ0v) is 13.0. The molecule has 2 aromatic rings. The van der Waals surface area contributed by atoms with E-state index in [1.54, 1.807) is 12.1 Å². The molecule has 1 N–H and O–H groups in total. The Balaban J connectivity index is 2.39. The minimum Gasteiger partial charge on any atom is -0.508 e. The fraction of sp³-hybridized carbons (Fsp3) is 0.294. The molecule has 0 aliphatic carbocycles. The Kier molecular flexibility index (Phi) is 4.95. The number of halogens is 2. The molecule has 0 bridgehead atoms. The summed E-state index contributed by atoms with van der Waals surface area (Å²) in [5.41, 5.74) is 3.23. The molecule has 2 rings (SSSR count). The average molecular weight is 309 g/mol. The first-order valence-corrected chi connectivity index (χ1v) is 7.64. The molecule has 0 aliphatic heterocycles. The van der Waals surface area contributed by atoms with Crippen LogP contribution in [0.3, 0.4) is 0 Å². The molecule has 0 aliphatic rings. The fourth-order valence-electron chi connectivity index (χ4n) is 2.54. The van der Waals surface area contributed by atoms with E-state index < -0.39 is 0 Å². The largest absolute Gasteiger partial charge is 0.508 e. The van der Waals surface area contributed by atoms with Gasteiger partial charge in [-0.15, -0.1) is 23.2 Å². The zero-order chi connectivity index (χ0) is 14.6. The van der Waals surface area contributed by atoms with Crippen molar-refractivity contribution < 1.29 is 5.11 Å². The number of hydrogen-bond donors (Lipinski definition) is 1. The van der Waals surface area contributed by atoms with E-state index in [1.165, 1.54) is 11.1 Å². The summed E-state index contributed by atoms with van der Waals surface area (Å²) < 4.78 is 0. The van der Waals surface area contributed by atoms with Gasteiger partial charge in [-0.1, -0.05) is 36.4 Å². The van der Waals surface area contributed by atoms with Crippen LogP contribution in [0.4, 0.5) is 0 Å². The van der Waals surface area contributed by atoms with E-state index in [9.17, 15) is 5.11 Å². The predicted octanol–water partition coefficient (Wildman–Crippen LogP) is 4.66. The first kappa shape index (κ1) is 15.2. The molecule has 0 saturated carbocycles. The van der Waals surface area contributed by atoms with Gasteiger partial charge < -0.3 is 5.11 Å². The van der Waals surface area contributed by atoms with Gasteiger partial charge >= 0.3 is 0 Å². The Bertz CT molecular complexity index is 559. The summed E-state index contributed by atoms with van der Waals surface area (Å²) in [6.07, 6.45) is 0.755. The molecule has 0 saturated heterocycles. The van der Waals surface area contributed by atoms with Gasteiger partial charge in [0.05, 0.1) is 0 Å². The van der Waals surface area contributed by atoms with Gasteiger partial charge in [0, 0.05) is 17.2 Å². The second-order valence-electron chi connectivity index (χ2n) is 5.21. The van der Waals surface area contributed by atoms with Gasteiger partial charge in [-0.05, 0) is 42.2 Å². The van der Waals surface area contributed by atoms with Crippen LogP contribution in [-0.2, 0) is 11.8 Å². The van der Waals surface area contributed by atoms with Crippen molar-refractivity contribution in [2.24, 2.45) is 0 Å². The Morgan fingerprint density at radius 2 is 1.55 bits per heavy atom. The molecule has 0 unspecified atom stereocenters. The number of phenolic OH excluding ortho intramolecular Hbond substituents is 1. The monoisotopic (exact) mass is 308 g/mol. The molecule has 0 heterocycles. The Labute approximate surface area is 130 Å². The lowest BCUT2D eigenvalue weighted by atomic mass is 9.77. The van der Waals surface area contributed by atoms with Crippen molar-refractivity contribution in [3.8, 4) is 5.75 Å². The fourth-order valence-corrected chi connectivity index (χ4v) is 3.30. The first-order valence-electron chi connectivity index (χ1n) is 6.57. The van der Waals surface area contributed by atoms with Gasteiger partial charge in [-0.25, -0.2) is 0 Å². The van der Waals surface area contributed by atoms with E-state index in [2.05, 4.69) is 19.1 Å².